The van der Waals surface area contributed by atoms with E-state index in [1.54, 1.807) is 60.7 Å². The molecule has 19 heavy (non-hydrogen) atoms. The molecule has 1 atom stereocenters. The van der Waals surface area contributed by atoms with E-state index in [0.717, 1.165) is 0 Å². The zero-order valence-corrected chi connectivity index (χ0v) is 10.9. The van der Waals surface area contributed by atoms with E-state index in [9.17, 15) is 14.5 Å². The van der Waals surface area contributed by atoms with E-state index in [0.29, 0.717) is 10.6 Å². The van der Waals surface area contributed by atoms with Crippen molar-refractivity contribution in [1.29, 1.82) is 0 Å². The van der Waals surface area contributed by atoms with Crippen LogP contribution in [0.5, 0.6) is 0 Å². The second-order valence-electron chi connectivity index (χ2n) is 4.04. The Morgan fingerprint density at radius 1 is 0.895 bits per heavy atom. The second kappa shape index (κ2) is 5.39. The van der Waals surface area contributed by atoms with Crippen LogP contribution in [0.2, 0.25) is 0 Å². The fraction of sp³-hybridized carbons (Fsp3) is 0.0714. The van der Waals surface area contributed by atoms with E-state index >= 15 is 0 Å². The van der Waals surface area contributed by atoms with Crippen LogP contribution < -0.4 is 10.6 Å². The van der Waals surface area contributed by atoms with Crippen molar-refractivity contribution in [3.8, 4) is 0 Å². The smallest absolute Gasteiger partial charge is 0.340 e. The largest absolute Gasteiger partial charge is 0.479 e. The third-order valence-corrected chi connectivity index (χ3v) is 5.89. The normalized spacial score (nSPS) is 12.9. The summed E-state index contributed by atoms with van der Waals surface area (Å²) in [6.07, 6.45) is 0. The fourth-order valence-electron chi connectivity index (χ4n) is 1.89. The molecule has 0 aromatic heterocycles. The highest BCUT2D eigenvalue weighted by Crippen LogP contribution is 2.47. The van der Waals surface area contributed by atoms with Crippen molar-refractivity contribution < 1.29 is 19.6 Å². The SMILES string of the molecule is O=C(O)C(O)P(=O)(c1ccccc1)c1ccccc1. The monoisotopic (exact) mass is 276 g/mol. The third-order valence-electron chi connectivity index (χ3n) is 2.84. The van der Waals surface area contributed by atoms with Crippen LogP contribution in [0.1, 0.15) is 0 Å². The van der Waals surface area contributed by atoms with Crippen molar-refractivity contribution in [3.05, 3.63) is 60.7 Å². The average Bonchev–Trinajstić information content (AvgIpc) is 2.47. The van der Waals surface area contributed by atoms with Gasteiger partial charge in [0.05, 0.1) is 0 Å². The highest BCUT2D eigenvalue weighted by atomic mass is 31.2. The lowest BCUT2D eigenvalue weighted by Crippen LogP contribution is -2.31. The van der Waals surface area contributed by atoms with Gasteiger partial charge in [-0.15, -0.1) is 0 Å². The van der Waals surface area contributed by atoms with E-state index in [2.05, 4.69) is 0 Å². The van der Waals surface area contributed by atoms with Gasteiger partial charge in [0.25, 0.3) is 0 Å². The van der Waals surface area contributed by atoms with Gasteiger partial charge in [0, 0.05) is 10.6 Å². The van der Waals surface area contributed by atoms with Crippen LogP contribution in [0.25, 0.3) is 0 Å². The zero-order valence-electron chi connectivity index (χ0n) is 10.0. The van der Waals surface area contributed by atoms with Gasteiger partial charge in [0.15, 0.2) is 7.14 Å². The van der Waals surface area contributed by atoms with Crippen LogP contribution in [0.15, 0.2) is 60.7 Å². The minimum atomic E-state index is -3.62. The summed E-state index contributed by atoms with van der Waals surface area (Å²) in [5.41, 5.74) is 0. The Hall–Kier alpha value is -1.90. The highest BCUT2D eigenvalue weighted by Gasteiger charge is 2.40. The molecule has 0 radical (unpaired) electrons. The van der Waals surface area contributed by atoms with Gasteiger partial charge in [0.1, 0.15) is 0 Å². The molecule has 0 bridgehead atoms. The summed E-state index contributed by atoms with van der Waals surface area (Å²) in [4.78, 5) is 11.1. The molecule has 0 spiro atoms. The van der Waals surface area contributed by atoms with Crippen molar-refractivity contribution in [2.75, 3.05) is 0 Å². The van der Waals surface area contributed by atoms with Gasteiger partial charge < -0.3 is 14.8 Å². The summed E-state index contributed by atoms with van der Waals surface area (Å²) < 4.78 is 13.1. The topological polar surface area (TPSA) is 74.6 Å². The van der Waals surface area contributed by atoms with E-state index in [1.165, 1.54) is 0 Å². The predicted molar refractivity (Wildman–Crippen MR) is 73.4 cm³/mol. The summed E-state index contributed by atoms with van der Waals surface area (Å²) >= 11 is 0. The number of carbonyl (C=O) groups is 1. The molecule has 0 aliphatic heterocycles. The fourth-order valence-corrected chi connectivity index (χ4v) is 4.29. The van der Waals surface area contributed by atoms with Gasteiger partial charge >= 0.3 is 5.97 Å². The van der Waals surface area contributed by atoms with Crippen LogP contribution in [0, 0.1) is 0 Å². The molecule has 2 rings (SSSR count). The molecule has 0 saturated carbocycles. The summed E-state index contributed by atoms with van der Waals surface area (Å²) in [5, 5.41) is 19.6. The molecular weight excluding hydrogens is 263 g/mol. The molecule has 0 aliphatic carbocycles. The molecule has 2 N–H and O–H groups in total. The lowest BCUT2D eigenvalue weighted by atomic mass is 10.4. The molecule has 0 fully saturated rings. The lowest BCUT2D eigenvalue weighted by Gasteiger charge is -2.21. The molecule has 1 unspecified atom stereocenters. The summed E-state index contributed by atoms with van der Waals surface area (Å²) in [6, 6.07) is 16.4. The molecule has 0 heterocycles. The maximum absolute atomic E-state index is 13.1. The van der Waals surface area contributed by atoms with Crippen molar-refractivity contribution in [3.63, 3.8) is 0 Å². The van der Waals surface area contributed by atoms with E-state index in [-0.39, 0.29) is 0 Å². The number of hydrogen-bond donors (Lipinski definition) is 2. The molecule has 98 valence electrons. The predicted octanol–water partition coefficient (Wildman–Crippen LogP) is 1.40. The number of benzene rings is 2. The second-order valence-corrected chi connectivity index (χ2v) is 6.88. The number of aliphatic hydroxyl groups excluding tert-OH is 1. The Bertz CT molecular complexity index is 566. The minimum Gasteiger partial charge on any atom is -0.479 e. The Morgan fingerprint density at radius 2 is 1.26 bits per heavy atom. The third kappa shape index (κ3) is 2.46. The van der Waals surface area contributed by atoms with Crippen molar-refractivity contribution in [2.45, 2.75) is 5.85 Å². The number of rotatable bonds is 4. The number of aliphatic carboxylic acids is 1. The molecule has 5 heteroatoms. The maximum Gasteiger partial charge on any atom is 0.340 e. The van der Waals surface area contributed by atoms with Gasteiger partial charge in [-0.05, 0) is 0 Å². The minimum absolute atomic E-state index is 0.330. The van der Waals surface area contributed by atoms with Crippen LogP contribution in [-0.4, -0.2) is 22.0 Å². The Labute approximate surface area is 110 Å². The first kappa shape index (κ1) is 13.5. The number of carboxylic acid groups (broad SMARTS) is 1. The first-order chi connectivity index (χ1) is 9.06. The molecular formula is C14H13O4P. The number of carboxylic acids is 1. The maximum atomic E-state index is 13.1. The molecule has 2 aromatic rings. The van der Waals surface area contributed by atoms with Crippen LogP contribution in [0.3, 0.4) is 0 Å². The quantitative estimate of drug-likeness (QED) is 0.828. The average molecular weight is 276 g/mol. The van der Waals surface area contributed by atoms with Crippen LogP contribution in [0.4, 0.5) is 0 Å². The lowest BCUT2D eigenvalue weighted by molar-refractivity contribution is -0.142. The number of aliphatic hydroxyl groups is 1. The standard InChI is InChI=1S/C14H13O4P/c15-13(16)14(17)19(18,11-7-3-1-4-8-11)12-9-5-2-6-10-12/h1-10,14,17H,(H,15,16). The van der Waals surface area contributed by atoms with Crippen molar-refractivity contribution in [2.24, 2.45) is 0 Å². The van der Waals surface area contributed by atoms with Crippen LogP contribution >= 0.6 is 7.14 Å². The number of hydrogen-bond acceptors (Lipinski definition) is 3. The molecule has 0 saturated heterocycles. The Balaban J connectivity index is 2.65. The van der Waals surface area contributed by atoms with Gasteiger partial charge in [-0.3, -0.25) is 0 Å². The molecule has 0 amide bonds. The molecule has 0 aliphatic rings. The van der Waals surface area contributed by atoms with E-state index < -0.39 is 19.0 Å². The van der Waals surface area contributed by atoms with Crippen molar-refractivity contribution in [1.82, 2.24) is 0 Å². The Kier molecular flexibility index (Phi) is 3.84. The first-order valence-corrected chi connectivity index (χ1v) is 7.46. The van der Waals surface area contributed by atoms with Gasteiger partial charge in [-0.25, -0.2) is 4.79 Å². The van der Waals surface area contributed by atoms with Gasteiger partial charge in [0.2, 0.25) is 5.85 Å². The summed E-state index contributed by atoms with van der Waals surface area (Å²) in [7, 11) is -3.62. The van der Waals surface area contributed by atoms with E-state index in [1.807, 2.05) is 0 Å². The first-order valence-electron chi connectivity index (χ1n) is 5.68. The molecule has 4 nitrogen and oxygen atoms in total. The Morgan fingerprint density at radius 3 is 1.58 bits per heavy atom. The summed E-state index contributed by atoms with van der Waals surface area (Å²) in [5.74, 6) is -3.44. The van der Waals surface area contributed by atoms with Crippen LogP contribution in [-0.2, 0) is 9.36 Å². The van der Waals surface area contributed by atoms with Crippen molar-refractivity contribution >= 4 is 23.7 Å². The zero-order chi connectivity index (χ0) is 13.9. The van der Waals surface area contributed by atoms with Gasteiger partial charge in [-0.1, -0.05) is 60.7 Å². The highest BCUT2D eigenvalue weighted by molar-refractivity contribution is 7.79. The van der Waals surface area contributed by atoms with Gasteiger partial charge in [-0.2, -0.15) is 0 Å². The summed E-state index contributed by atoms with van der Waals surface area (Å²) in [6.45, 7) is 0. The molecule has 2 aromatic carbocycles. The van der Waals surface area contributed by atoms with E-state index in [4.69, 9.17) is 5.11 Å².